The molecule has 0 aliphatic rings. The van der Waals surface area contributed by atoms with Gasteiger partial charge in [-0.15, -0.1) is 17.7 Å². The molecular weight excluding hydrogens is 733 g/mol. The van der Waals surface area contributed by atoms with Gasteiger partial charge < -0.3 is 19.6 Å². The average molecular weight is 759 g/mol. The number of benzene rings is 5. The van der Waals surface area contributed by atoms with E-state index in [1.54, 1.807) is 6.20 Å². The zero-order valence-corrected chi connectivity index (χ0v) is 27.0. The maximum Gasteiger partial charge on any atom is 0.124 e. The summed E-state index contributed by atoms with van der Waals surface area (Å²) in [5.74, 6) is 0. The van der Waals surface area contributed by atoms with E-state index in [1.807, 2.05) is 55.7 Å². The molecule has 45 heavy (non-hydrogen) atoms. The van der Waals surface area contributed by atoms with E-state index in [9.17, 15) is 0 Å². The first-order chi connectivity index (χ1) is 21.6. The van der Waals surface area contributed by atoms with Gasteiger partial charge >= 0.3 is 0 Å². The van der Waals surface area contributed by atoms with Crippen molar-refractivity contribution in [3.05, 3.63) is 139 Å². The molecule has 0 amide bonds. The maximum absolute atomic E-state index is 6.30. The van der Waals surface area contributed by atoms with E-state index in [0.717, 1.165) is 50.0 Å². The molecule has 0 saturated carbocycles. The molecule has 0 unspecified atom stereocenters. The first kappa shape index (κ1) is 28.6. The van der Waals surface area contributed by atoms with Crippen molar-refractivity contribution >= 4 is 54.3 Å². The number of pyridine rings is 2. The van der Waals surface area contributed by atoms with Crippen LogP contribution in [-0.2, 0) is 20.1 Å². The van der Waals surface area contributed by atoms with Crippen LogP contribution in [0.4, 0.5) is 0 Å². The summed E-state index contributed by atoms with van der Waals surface area (Å²) in [5.41, 5.74) is 7.78. The molecule has 0 aliphatic carbocycles. The summed E-state index contributed by atoms with van der Waals surface area (Å²) < 4.78 is 6.30. The number of furan rings is 1. The Kier molecular flexibility index (Phi) is 7.46. The van der Waals surface area contributed by atoms with Gasteiger partial charge in [-0.25, -0.2) is 0 Å². The first-order valence-electron chi connectivity index (χ1n) is 14.5. The smallest absolute Gasteiger partial charge is 0.124 e. The molecule has 0 N–H and O–H groups in total. The van der Waals surface area contributed by atoms with Gasteiger partial charge in [0.15, 0.2) is 0 Å². The van der Waals surface area contributed by atoms with E-state index < -0.39 is 0 Å². The number of fused-ring (bicyclic) bond motifs is 6. The molecule has 0 atom stereocenters. The summed E-state index contributed by atoms with van der Waals surface area (Å²) in [6.45, 7) is 4.11. The van der Waals surface area contributed by atoms with Crippen molar-refractivity contribution in [2.24, 2.45) is 0 Å². The minimum absolute atomic E-state index is 0. The van der Waals surface area contributed by atoms with E-state index in [2.05, 4.69) is 99.9 Å². The van der Waals surface area contributed by atoms with Gasteiger partial charge in [-0.3, -0.25) is 4.98 Å². The van der Waals surface area contributed by atoms with Crippen LogP contribution in [0.5, 0.6) is 0 Å². The minimum atomic E-state index is 0. The summed E-state index contributed by atoms with van der Waals surface area (Å²) >= 11 is 0. The molecule has 0 bridgehead atoms. The van der Waals surface area contributed by atoms with Crippen LogP contribution in [0.15, 0.2) is 126 Å². The Balaban J connectivity index is 0.000000196. The zero-order chi connectivity index (χ0) is 29.6. The number of nitrogens with zero attached hydrogens (tertiary/aromatic N) is 4. The molecule has 219 valence electrons. The van der Waals surface area contributed by atoms with Gasteiger partial charge in [0, 0.05) is 44.4 Å². The van der Waals surface area contributed by atoms with Gasteiger partial charge in [-0.05, 0) is 98.7 Å². The third kappa shape index (κ3) is 5.29. The summed E-state index contributed by atoms with van der Waals surface area (Å²) in [5, 5.41) is 17.1. The molecule has 9 aromatic rings. The number of aryl methyl sites for hydroxylation is 2. The fraction of sp³-hybridized carbons (Fsp3) is 0.0513. The van der Waals surface area contributed by atoms with E-state index in [-0.39, 0.29) is 20.1 Å². The van der Waals surface area contributed by atoms with Gasteiger partial charge in [-0.2, -0.15) is 0 Å². The van der Waals surface area contributed by atoms with Crippen LogP contribution in [0.25, 0.3) is 76.9 Å². The second-order valence-corrected chi connectivity index (χ2v) is 11.1. The SMILES string of the molecule is Cc1cnc(-c2ccn[n-]2)cc1C.[Ir].[c-]1cc2c(cc1-c1nccc3ccccc13)oc1cc3cc4ccccc4cc3cc12. The fourth-order valence-electron chi connectivity index (χ4n) is 5.76. The molecule has 1 radical (unpaired) electrons. The van der Waals surface area contributed by atoms with Crippen molar-refractivity contribution in [1.82, 2.24) is 20.2 Å². The number of aromatic nitrogens is 4. The standard InChI is InChI=1S/C29H16NO.C10H10N3.Ir/c1-2-7-20-14-23-17-28-26(15-22(23)13-19(20)6-1)25-10-9-21(16-27(25)31-28)29-24-8-4-3-5-18(24)11-12-30-29;1-7-5-10(11-6-8(7)2)9-3-4-12-13-9;/h1-8,10-17H;3-6H,1-2H3;/q2*-1;. The van der Waals surface area contributed by atoms with Crippen molar-refractivity contribution < 1.29 is 24.5 Å². The fourth-order valence-corrected chi connectivity index (χ4v) is 5.76. The Morgan fingerprint density at radius 2 is 1.36 bits per heavy atom. The Labute approximate surface area is 273 Å². The molecule has 5 aromatic carbocycles. The molecule has 0 saturated heterocycles. The monoisotopic (exact) mass is 759 g/mol. The van der Waals surface area contributed by atoms with Crippen LogP contribution >= 0.6 is 0 Å². The topological polar surface area (TPSA) is 65.9 Å². The van der Waals surface area contributed by atoms with Crippen LogP contribution in [0.1, 0.15) is 11.1 Å². The van der Waals surface area contributed by atoms with Crippen molar-refractivity contribution in [2.75, 3.05) is 0 Å². The van der Waals surface area contributed by atoms with Crippen LogP contribution in [0, 0.1) is 19.9 Å². The van der Waals surface area contributed by atoms with Crippen molar-refractivity contribution in [2.45, 2.75) is 13.8 Å². The molecule has 0 spiro atoms. The van der Waals surface area contributed by atoms with Gasteiger partial charge in [-0.1, -0.05) is 77.8 Å². The van der Waals surface area contributed by atoms with E-state index in [0.29, 0.717) is 0 Å². The number of hydrogen-bond donors (Lipinski definition) is 0. The van der Waals surface area contributed by atoms with Gasteiger partial charge in [0.05, 0.1) is 5.58 Å². The van der Waals surface area contributed by atoms with Crippen molar-refractivity contribution in [1.29, 1.82) is 0 Å². The zero-order valence-electron chi connectivity index (χ0n) is 24.6. The largest absolute Gasteiger partial charge is 0.574 e. The Morgan fingerprint density at radius 1 is 0.622 bits per heavy atom. The summed E-state index contributed by atoms with van der Waals surface area (Å²) in [4.78, 5) is 8.92. The van der Waals surface area contributed by atoms with Crippen LogP contribution in [0.2, 0.25) is 0 Å². The maximum atomic E-state index is 6.30. The normalized spacial score (nSPS) is 11.2. The summed E-state index contributed by atoms with van der Waals surface area (Å²) in [6.07, 6.45) is 5.39. The molecule has 4 aromatic heterocycles. The van der Waals surface area contributed by atoms with E-state index >= 15 is 0 Å². The predicted molar refractivity (Wildman–Crippen MR) is 179 cm³/mol. The Bertz CT molecular complexity index is 2480. The summed E-state index contributed by atoms with van der Waals surface area (Å²) in [6, 6.07) is 39.1. The molecule has 5 nitrogen and oxygen atoms in total. The Hall–Kier alpha value is -5.16. The van der Waals surface area contributed by atoms with E-state index in [1.165, 1.54) is 38.1 Å². The molecule has 4 heterocycles. The minimum Gasteiger partial charge on any atom is -0.574 e. The van der Waals surface area contributed by atoms with Gasteiger partial charge in [0.1, 0.15) is 5.58 Å². The van der Waals surface area contributed by atoms with Gasteiger partial charge in [0.25, 0.3) is 0 Å². The van der Waals surface area contributed by atoms with Crippen molar-refractivity contribution in [3.63, 3.8) is 0 Å². The number of rotatable bonds is 2. The molecule has 6 heteroatoms. The molecule has 0 fully saturated rings. The summed E-state index contributed by atoms with van der Waals surface area (Å²) in [7, 11) is 0. The van der Waals surface area contributed by atoms with Crippen LogP contribution in [0.3, 0.4) is 0 Å². The molecular formula is C39H26IrN4O-2. The first-order valence-corrected chi connectivity index (χ1v) is 14.5. The average Bonchev–Trinajstić information content (AvgIpc) is 3.72. The van der Waals surface area contributed by atoms with Gasteiger partial charge in [0.2, 0.25) is 0 Å². The van der Waals surface area contributed by atoms with Crippen LogP contribution in [-0.4, -0.2) is 15.1 Å². The Morgan fingerprint density at radius 3 is 2.11 bits per heavy atom. The number of hydrogen-bond acceptors (Lipinski definition) is 4. The molecule has 0 aliphatic heterocycles. The second kappa shape index (κ2) is 11.7. The van der Waals surface area contributed by atoms with Crippen molar-refractivity contribution in [3.8, 4) is 22.6 Å². The predicted octanol–water partition coefficient (Wildman–Crippen LogP) is 9.62. The van der Waals surface area contributed by atoms with E-state index in [4.69, 9.17) is 4.42 Å². The third-order valence-corrected chi connectivity index (χ3v) is 8.25. The molecule has 9 rings (SSSR count). The second-order valence-electron chi connectivity index (χ2n) is 11.1. The van der Waals surface area contributed by atoms with Crippen LogP contribution < -0.4 is 5.10 Å². The quantitative estimate of drug-likeness (QED) is 0.130. The third-order valence-electron chi connectivity index (χ3n) is 8.25.